The molecule has 1 atom stereocenters. The SMILES string of the molecule is CN1C(=O)[C@H](NC(=O)N=CC(=CN)Cc2cccnc2F)CCc2ccc(C#CC3(O)CCC3)cc21. The quantitative estimate of drug-likeness (QED) is 0.346. The highest BCUT2D eigenvalue weighted by Gasteiger charge is 2.32. The number of nitrogens with zero attached hydrogens (tertiary/aromatic N) is 3. The van der Waals surface area contributed by atoms with Crippen LogP contribution in [0.15, 0.2) is 53.3 Å². The molecule has 4 rings (SSSR count). The van der Waals surface area contributed by atoms with Crippen molar-refractivity contribution < 1.29 is 19.1 Å². The topological polar surface area (TPSA) is 121 Å². The number of nitrogens with one attached hydrogen (secondary N) is 1. The molecule has 36 heavy (non-hydrogen) atoms. The highest BCUT2D eigenvalue weighted by atomic mass is 19.1. The Balaban J connectivity index is 1.41. The number of allylic oxidation sites excluding steroid dienone is 1. The number of halogens is 1. The molecule has 0 unspecified atom stereocenters. The molecular weight excluding hydrogens is 461 g/mol. The van der Waals surface area contributed by atoms with E-state index in [0.29, 0.717) is 42.4 Å². The lowest BCUT2D eigenvalue weighted by Crippen LogP contribution is -2.46. The lowest BCUT2D eigenvalue weighted by molar-refractivity contribution is -0.120. The second-order valence-corrected chi connectivity index (χ2v) is 9.05. The van der Waals surface area contributed by atoms with Gasteiger partial charge >= 0.3 is 6.03 Å². The molecule has 0 spiro atoms. The van der Waals surface area contributed by atoms with Crippen LogP contribution in [-0.2, 0) is 17.6 Å². The fraction of sp³-hybridized carbons (Fsp3) is 0.333. The molecule has 2 aliphatic rings. The second kappa shape index (κ2) is 10.7. The zero-order valence-corrected chi connectivity index (χ0v) is 20.0. The summed E-state index contributed by atoms with van der Waals surface area (Å²) in [7, 11) is 1.66. The van der Waals surface area contributed by atoms with Gasteiger partial charge in [0.25, 0.3) is 0 Å². The number of pyridine rings is 1. The van der Waals surface area contributed by atoms with E-state index in [9.17, 15) is 19.1 Å². The van der Waals surface area contributed by atoms with E-state index < -0.39 is 23.6 Å². The van der Waals surface area contributed by atoms with E-state index >= 15 is 0 Å². The van der Waals surface area contributed by atoms with Crippen molar-refractivity contribution in [2.45, 2.75) is 50.2 Å². The van der Waals surface area contributed by atoms with Crippen LogP contribution in [-0.4, -0.2) is 46.9 Å². The highest BCUT2D eigenvalue weighted by Crippen LogP contribution is 2.31. The van der Waals surface area contributed by atoms with E-state index in [-0.39, 0.29) is 12.3 Å². The zero-order chi connectivity index (χ0) is 25.7. The molecule has 1 aromatic carbocycles. The molecule has 0 bridgehead atoms. The Morgan fingerprint density at radius 2 is 2.22 bits per heavy atom. The summed E-state index contributed by atoms with van der Waals surface area (Å²) in [6, 6.07) is 7.35. The molecule has 1 aliphatic heterocycles. The fourth-order valence-electron chi connectivity index (χ4n) is 4.15. The number of aromatic nitrogens is 1. The second-order valence-electron chi connectivity index (χ2n) is 9.05. The van der Waals surface area contributed by atoms with Crippen molar-refractivity contribution in [1.29, 1.82) is 0 Å². The summed E-state index contributed by atoms with van der Waals surface area (Å²) in [5, 5.41) is 12.9. The summed E-state index contributed by atoms with van der Waals surface area (Å²) in [5.41, 5.74) is 7.85. The normalized spacial score (nSPS) is 19.1. The Morgan fingerprint density at radius 3 is 2.92 bits per heavy atom. The van der Waals surface area contributed by atoms with Gasteiger partial charge in [-0.05, 0) is 67.6 Å². The monoisotopic (exact) mass is 489 g/mol. The lowest BCUT2D eigenvalue weighted by Gasteiger charge is -2.30. The summed E-state index contributed by atoms with van der Waals surface area (Å²) in [4.78, 5) is 34.5. The Kier molecular flexibility index (Phi) is 7.46. The molecule has 1 saturated carbocycles. The smallest absolute Gasteiger partial charge is 0.341 e. The maximum absolute atomic E-state index is 13.8. The van der Waals surface area contributed by atoms with Gasteiger partial charge in [-0.3, -0.25) is 4.79 Å². The van der Waals surface area contributed by atoms with Gasteiger partial charge in [0, 0.05) is 42.7 Å². The van der Waals surface area contributed by atoms with Crippen molar-refractivity contribution in [2.75, 3.05) is 11.9 Å². The molecule has 9 heteroatoms. The highest BCUT2D eigenvalue weighted by molar-refractivity contribution is 6.01. The summed E-state index contributed by atoms with van der Waals surface area (Å²) in [6.45, 7) is 0. The summed E-state index contributed by atoms with van der Waals surface area (Å²) in [6.07, 6.45) is 7.27. The number of carbonyl (C=O) groups is 2. The number of fused-ring (bicyclic) bond motifs is 1. The third kappa shape index (κ3) is 5.78. The van der Waals surface area contributed by atoms with Crippen LogP contribution in [0.4, 0.5) is 14.9 Å². The predicted molar refractivity (Wildman–Crippen MR) is 135 cm³/mol. The van der Waals surface area contributed by atoms with Crippen LogP contribution >= 0.6 is 0 Å². The Morgan fingerprint density at radius 1 is 1.42 bits per heavy atom. The number of aliphatic imine (C=N–C) groups is 1. The third-order valence-corrected chi connectivity index (χ3v) is 6.49. The number of hydrogen-bond donors (Lipinski definition) is 3. The van der Waals surface area contributed by atoms with Crippen molar-refractivity contribution >= 4 is 23.8 Å². The first-order valence-corrected chi connectivity index (χ1v) is 11.8. The van der Waals surface area contributed by atoms with Gasteiger partial charge < -0.3 is 21.1 Å². The van der Waals surface area contributed by atoms with E-state index in [1.807, 2.05) is 18.2 Å². The first-order chi connectivity index (χ1) is 17.3. The van der Waals surface area contributed by atoms with Crippen LogP contribution in [0.1, 0.15) is 42.4 Å². The number of anilines is 1. The first-order valence-electron chi connectivity index (χ1n) is 11.8. The van der Waals surface area contributed by atoms with Gasteiger partial charge in [-0.15, -0.1) is 0 Å². The van der Waals surface area contributed by atoms with Gasteiger partial charge in [-0.25, -0.2) is 14.8 Å². The maximum atomic E-state index is 13.8. The van der Waals surface area contributed by atoms with E-state index in [1.165, 1.54) is 23.5 Å². The van der Waals surface area contributed by atoms with Crippen LogP contribution < -0.4 is 16.0 Å². The van der Waals surface area contributed by atoms with Crippen LogP contribution in [0.5, 0.6) is 0 Å². The molecule has 2 heterocycles. The van der Waals surface area contributed by atoms with Gasteiger partial charge in [0.2, 0.25) is 11.9 Å². The molecule has 8 nitrogen and oxygen atoms in total. The summed E-state index contributed by atoms with van der Waals surface area (Å²) < 4.78 is 13.8. The number of rotatable bonds is 4. The Labute approximate surface area is 209 Å². The van der Waals surface area contributed by atoms with E-state index in [4.69, 9.17) is 5.73 Å². The number of hydrogen-bond acceptors (Lipinski definition) is 5. The first kappa shape index (κ1) is 25.1. The van der Waals surface area contributed by atoms with Gasteiger partial charge in [0.05, 0.1) is 0 Å². The number of benzene rings is 1. The number of likely N-dealkylation sites (N-methyl/N-ethyl adjacent to an activating group) is 1. The van der Waals surface area contributed by atoms with Crippen molar-refractivity contribution in [2.24, 2.45) is 10.7 Å². The molecule has 0 radical (unpaired) electrons. The number of nitrogens with two attached hydrogens (primary N) is 1. The fourth-order valence-corrected chi connectivity index (χ4v) is 4.15. The average Bonchev–Trinajstić information content (AvgIpc) is 2.97. The van der Waals surface area contributed by atoms with Crippen LogP contribution in [0.25, 0.3) is 0 Å². The van der Waals surface area contributed by atoms with Crippen molar-refractivity contribution in [3.05, 3.63) is 70.9 Å². The standard InChI is InChI=1S/C27H28FN5O3/c1-33-23-15-18(9-12-27(36)10-3-11-27)5-6-20(23)7-8-22(25(33)34)32-26(35)31-17-19(16-29)14-21-4-2-13-30-24(21)28/h2,4-6,13,15-17,22,36H,3,7-8,10-11,14,29H2,1H3,(H,32,35)/t22-/m1/s1. The van der Waals surface area contributed by atoms with Crippen molar-refractivity contribution in [3.63, 3.8) is 0 Å². The van der Waals surface area contributed by atoms with E-state index in [1.54, 1.807) is 19.2 Å². The Bertz CT molecular complexity index is 1290. The van der Waals surface area contributed by atoms with Gasteiger partial charge in [-0.2, -0.15) is 4.39 Å². The minimum Gasteiger partial charge on any atom is -0.404 e. The molecule has 4 N–H and O–H groups in total. The Hall–Kier alpha value is -4.03. The predicted octanol–water partition coefficient (Wildman–Crippen LogP) is 2.63. The third-order valence-electron chi connectivity index (χ3n) is 6.49. The van der Waals surface area contributed by atoms with E-state index in [2.05, 4.69) is 27.1 Å². The molecule has 186 valence electrons. The number of amides is 3. The molecule has 1 aromatic heterocycles. The van der Waals surface area contributed by atoms with Crippen LogP contribution in [0, 0.1) is 17.8 Å². The molecule has 2 aromatic rings. The number of aryl methyl sites for hydroxylation is 1. The zero-order valence-electron chi connectivity index (χ0n) is 20.0. The van der Waals surface area contributed by atoms with Gasteiger partial charge in [0.1, 0.15) is 11.6 Å². The minimum atomic E-state index is -0.907. The van der Waals surface area contributed by atoms with Gasteiger partial charge in [0.15, 0.2) is 0 Å². The summed E-state index contributed by atoms with van der Waals surface area (Å²) >= 11 is 0. The van der Waals surface area contributed by atoms with Crippen LogP contribution in [0.3, 0.4) is 0 Å². The van der Waals surface area contributed by atoms with Crippen LogP contribution in [0.2, 0.25) is 0 Å². The molecule has 1 fully saturated rings. The number of aliphatic hydroxyl groups is 1. The van der Waals surface area contributed by atoms with Crippen molar-refractivity contribution in [3.8, 4) is 11.8 Å². The lowest BCUT2D eigenvalue weighted by atomic mass is 9.81. The molecule has 1 aliphatic carbocycles. The van der Waals surface area contributed by atoms with Gasteiger partial charge in [-0.1, -0.05) is 24.0 Å². The number of carbonyl (C=O) groups excluding carboxylic acids is 2. The largest absolute Gasteiger partial charge is 0.404 e. The average molecular weight is 490 g/mol. The van der Waals surface area contributed by atoms with E-state index in [0.717, 1.165) is 17.7 Å². The number of urea groups is 1. The maximum Gasteiger partial charge on any atom is 0.341 e. The summed E-state index contributed by atoms with van der Waals surface area (Å²) in [5.74, 6) is 5.07. The molecule has 3 amide bonds. The van der Waals surface area contributed by atoms with Crippen molar-refractivity contribution in [1.82, 2.24) is 10.3 Å². The minimum absolute atomic E-state index is 0.121. The molecular formula is C27H28FN5O3. The molecule has 0 saturated heterocycles.